The Balaban J connectivity index is 1.93. The molecule has 2 rings (SSSR count). The van der Waals surface area contributed by atoms with Gasteiger partial charge in [0.15, 0.2) is 0 Å². The molecule has 0 bridgehead atoms. The largest absolute Gasteiger partial charge is 0.478 e. The highest BCUT2D eigenvalue weighted by Gasteiger charge is 1.97. The van der Waals surface area contributed by atoms with E-state index in [1.54, 1.807) is 6.20 Å². The van der Waals surface area contributed by atoms with Crippen LogP contribution < -0.4 is 10.1 Å². The zero-order valence-corrected chi connectivity index (χ0v) is 10.7. The van der Waals surface area contributed by atoms with Gasteiger partial charge in [-0.2, -0.15) is 0 Å². The van der Waals surface area contributed by atoms with E-state index < -0.39 is 0 Å². The second-order valence-corrected chi connectivity index (χ2v) is 4.04. The molecule has 0 fully saturated rings. The summed E-state index contributed by atoms with van der Waals surface area (Å²) in [6, 6.07) is 5.93. The van der Waals surface area contributed by atoms with Gasteiger partial charge in [0.05, 0.1) is 18.5 Å². The van der Waals surface area contributed by atoms with E-state index in [0.717, 1.165) is 17.8 Å². The van der Waals surface area contributed by atoms with Gasteiger partial charge < -0.3 is 10.1 Å². The van der Waals surface area contributed by atoms with Gasteiger partial charge in [0.2, 0.25) is 5.88 Å². The van der Waals surface area contributed by atoms with Crippen LogP contribution in [0.3, 0.4) is 0 Å². The van der Waals surface area contributed by atoms with E-state index in [4.69, 9.17) is 4.74 Å². The van der Waals surface area contributed by atoms with Gasteiger partial charge in [0, 0.05) is 25.0 Å². The van der Waals surface area contributed by atoms with Crippen LogP contribution in [0.4, 0.5) is 5.69 Å². The summed E-state index contributed by atoms with van der Waals surface area (Å²) in [6.45, 7) is 5.35. The third kappa shape index (κ3) is 3.45. The summed E-state index contributed by atoms with van der Waals surface area (Å²) in [7, 11) is 0. The summed E-state index contributed by atoms with van der Waals surface area (Å²) < 4.78 is 5.29. The van der Waals surface area contributed by atoms with Gasteiger partial charge in [0.1, 0.15) is 0 Å². The number of anilines is 1. The number of hydrogen-bond donors (Lipinski definition) is 1. The highest BCUT2D eigenvalue weighted by atomic mass is 16.5. The van der Waals surface area contributed by atoms with E-state index >= 15 is 0 Å². The van der Waals surface area contributed by atoms with Crippen LogP contribution in [-0.2, 0) is 6.54 Å². The average molecular weight is 243 g/mol. The van der Waals surface area contributed by atoms with E-state index in [2.05, 4.69) is 21.4 Å². The van der Waals surface area contributed by atoms with Crippen molar-refractivity contribution in [1.29, 1.82) is 0 Å². The second kappa shape index (κ2) is 6.00. The Hall–Kier alpha value is -2.10. The van der Waals surface area contributed by atoms with Gasteiger partial charge in [0.25, 0.3) is 0 Å². The first-order valence-corrected chi connectivity index (χ1v) is 6.01. The minimum Gasteiger partial charge on any atom is -0.478 e. The Morgan fingerprint density at radius 3 is 2.78 bits per heavy atom. The van der Waals surface area contributed by atoms with Crippen LogP contribution in [0.15, 0.2) is 36.8 Å². The Morgan fingerprint density at radius 1 is 1.22 bits per heavy atom. The second-order valence-electron chi connectivity index (χ2n) is 4.04. The molecule has 0 radical (unpaired) electrons. The lowest BCUT2D eigenvalue weighted by molar-refractivity contribution is 0.327. The van der Waals surface area contributed by atoms with Crippen molar-refractivity contribution >= 4 is 5.69 Å². The predicted molar refractivity (Wildman–Crippen MR) is 71.7 cm³/mol. The van der Waals surface area contributed by atoms with Crippen LogP contribution in [0.1, 0.15) is 18.1 Å². The molecule has 2 aromatic rings. The summed E-state index contributed by atoms with van der Waals surface area (Å²) in [5.74, 6) is 0.653. The van der Waals surface area contributed by atoms with E-state index in [-0.39, 0.29) is 0 Å². The predicted octanol–water partition coefficient (Wildman–Crippen LogP) is 2.80. The molecule has 94 valence electrons. The Labute approximate surface area is 107 Å². The third-order valence-corrected chi connectivity index (χ3v) is 2.46. The molecule has 2 heterocycles. The molecule has 2 aromatic heterocycles. The number of pyridine rings is 2. The van der Waals surface area contributed by atoms with Crippen molar-refractivity contribution in [2.24, 2.45) is 0 Å². The molecule has 1 N–H and O–H groups in total. The number of nitrogens with zero attached hydrogens (tertiary/aromatic N) is 2. The Bertz CT molecular complexity index is 497. The maximum Gasteiger partial charge on any atom is 0.213 e. The fourth-order valence-electron chi connectivity index (χ4n) is 1.64. The lowest BCUT2D eigenvalue weighted by Gasteiger charge is -2.07. The smallest absolute Gasteiger partial charge is 0.213 e. The molecule has 0 atom stereocenters. The average Bonchev–Trinajstić information content (AvgIpc) is 2.38. The normalized spacial score (nSPS) is 10.1. The maximum atomic E-state index is 5.29. The van der Waals surface area contributed by atoms with Crippen LogP contribution in [-0.4, -0.2) is 16.6 Å². The maximum absolute atomic E-state index is 5.29. The molecular weight excluding hydrogens is 226 g/mol. The lowest BCUT2D eigenvalue weighted by Crippen LogP contribution is -2.01. The summed E-state index contributed by atoms with van der Waals surface area (Å²) in [5, 5.41) is 3.30. The molecule has 0 aliphatic rings. The number of aromatic nitrogens is 2. The van der Waals surface area contributed by atoms with Crippen LogP contribution in [0.2, 0.25) is 0 Å². The van der Waals surface area contributed by atoms with Crippen molar-refractivity contribution in [1.82, 2.24) is 9.97 Å². The van der Waals surface area contributed by atoms with Crippen molar-refractivity contribution in [2.75, 3.05) is 11.9 Å². The topological polar surface area (TPSA) is 47.0 Å². The van der Waals surface area contributed by atoms with Gasteiger partial charge in [-0.1, -0.05) is 6.07 Å². The standard InChI is InChI=1S/C14H17N3O/c1-3-18-14-5-4-13(10-17-14)16-9-12-6-11(2)7-15-8-12/h4-8,10,16H,3,9H2,1-2H3. The molecule has 4 nitrogen and oxygen atoms in total. The van der Waals surface area contributed by atoms with Crippen molar-refractivity contribution < 1.29 is 4.74 Å². The van der Waals surface area contributed by atoms with Gasteiger partial charge in [-0.25, -0.2) is 4.98 Å². The summed E-state index contributed by atoms with van der Waals surface area (Å²) in [5.41, 5.74) is 3.29. The molecule has 4 heteroatoms. The van der Waals surface area contributed by atoms with E-state index in [1.165, 1.54) is 5.56 Å². The molecule has 0 saturated carbocycles. The molecule has 0 saturated heterocycles. The van der Waals surface area contributed by atoms with E-state index in [9.17, 15) is 0 Å². The van der Waals surface area contributed by atoms with Crippen molar-refractivity contribution in [3.63, 3.8) is 0 Å². The van der Waals surface area contributed by atoms with Crippen LogP contribution in [0, 0.1) is 6.92 Å². The van der Waals surface area contributed by atoms with Crippen LogP contribution in [0.25, 0.3) is 0 Å². The highest BCUT2D eigenvalue weighted by Crippen LogP contribution is 2.12. The zero-order valence-electron chi connectivity index (χ0n) is 10.7. The van der Waals surface area contributed by atoms with Crippen LogP contribution in [0.5, 0.6) is 5.88 Å². The Morgan fingerprint density at radius 2 is 2.11 bits per heavy atom. The van der Waals surface area contributed by atoms with Crippen LogP contribution >= 0.6 is 0 Å². The quantitative estimate of drug-likeness (QED) is 0.877. The molecule has 0 spiro atoms. The summed E-state index contributed by atoms with van der Waals surface area (Å²) >= 11 is 0. The van der Waals surface area contributed by atoms with Gasteiger partial charge in [-0.15, -0.1) is 0 Å². The third-order valence-electron chi connectivity index (χ3n) is 2.46. The Kier molecular flexibility index (Phi) is 4.12. The highest BCUT2D eigenvalue weighted by molar-refractivity contribution is 5.42. The molecule has 18 heavy (non-hydrogen) atoms. The summed E-state index contributed by atoms with van der Waals surface area (Å²) in [6.07, 6.45) is 5.48. The minimum absolute atomic E-state index is 0.634. The van der Waals surface area contributed by atoms with Crippen molar-refractivity contribution in [3.8, 4) is 5.88 Å². The molecule has 0 aliphatic heterocycles. The molecule has 0 amide bonds. The van der Waals surface area contributed by atoms with Gasteiger partial charge >= 0.3 is 0 Å². The number of aryl methyl sites for hydroxylation is 1. The first-order valence-electron chi connectivity index (χ1n) is 6.01. The number of rotatable bonds is 5. The first kappa shape index (κ1) is 12.4. The first-order chi connectivity index (χ1) is 8.78. The molecule has 0 aliphatic carbocycles. The fourth-order valence-corrected chi connectivity index (χ4v) is 1.64. The minimum atomic E-state index is 0.634. The monoisotopic (exact) mass is 243 g/mol. The van der Waals surface area contributed by atoms with E-state index in [0.29, 0.717) is 12.5 Å². The van der Waals surface area contributed by atoms with Crippen molar-refractivity contribution in [2.45, 2.75) is 20.4 Å². The number of hydrogen-bond acceptors (Lipinski definition) is 4. The SMILES string of the molecule is CCOc1ccc(NCc2cncc(C)c2)cn1. The fraction of sp³-hybridized carbons (Fsp3) is 0.286. The van der Waals surface area contributed by atoms with Crippen molar-refractivity contribution in [3.05, 3.63) is 47.9 Å². The lowest BCUT2D eigenvalue weighted by atomic mass is 10.2. The molecule has 0 unspecified atom stereocenters. The number of ether oxygens (including phenoxy) is 1. The van der Waals surface area contributed by atoms with E-state index in [1.807, 2.05) is 38.4 Å². The van der Waals surface area contributed by atoms with Gasteiger partial charge in [-0.05, 0) is 31.0 Å². The molecule has 0 aromatic carbocycles. The number of nitrogens with one attached hydrogen (secondary N) is 1. The molecular formula is C14H17N3O. The zero-order chi connectivity index (χ0) is 12.8. The summed E-state index contributed by atoms with van der Waals surface area (Å²) in [4.78, 5) is 8.36. The van der Waals surface area contributed by atoms with Gasteiger partial charge in [-0.3, -0.25) is 4.98 Å².